The van der Waals surface area contributed by atoms with Crippen LogP contribution in [0.3, 0.4) is 0 Å². The third-order valence-electron chi connectivity index (χ3n) is 3.95. The summed E-state index contributed by atoms with van der Waals surface area (Å²) in [5.74, 6) is -6.35. The van der Waals surface area contributed by atoms with Gasteiger partial charge >= 0.3 is 17.9 Å². The van der Waals surface area contributed by atoms with E-state index in [0.29, 0.717) is 0 Å². The van der Waals surface area contributed by atoms with E-state index in [-0.39, 0.29) is 19.4 Å². The summed E-state index contributed by atoms with van der Waals surface area (Å²) in [6.07, 6.45) is -0.992. The summed E-state index contributed by atoms with van der Waals surface area (Å²) >= 11 is 3.82. The number of carbonyl (C=O) groups is 6. The minimum Gasteiger partial charge on any atom is -0.481 e. The van der Waals surface area contributed by atoms with E-state index in [1.165, 1.54) is 7.98 Å². The Bertz CT molecular complexity index is 696. The lowest BCUT2D eigenvalue weighted by atomic mass is 10.1. The molecule has 14 nitrogen and oxygen atoms in total. The Morgan fingerprint density at radius 1 is 0.871 bits per heavy atom. The molecule has 0 radical (unpaired) electrons. The smallest absolute Gasteiger partial charge is 0.328 e. The maximum absolute atomic E-state index is 12.2. The number of rotatable bonds is 15. The fourth-order valence-electron chi connectivity index (χ4n) is 2.23. The molecule has 0 aromatic heterocycles. The Labute approximate surface area is 183 Å². The van der Waals surface area contributed by atoms with Gasteiger partial charge in [0.2, 0.25) is 17.7 Å². The number of carboxylic acid groups (broad SMARTS) is 3. The molecule has 174 valence electrons. The minimum absolute atomic E-state index is 0.0844. The molecule has 0 aliphatic carbocycles. The molecule has 16 heteroatoms. The molecule has 0 aliphatic heterocycles. The Morgan fingerprint density at radius 2 is 1.45 bits per heavy atom. The van der Waals surface area contributed by atoms with Crippen molar-refractivity contribution in [1.29, 1.82) is 0 Å². The number of carboxylic acids is 3. The average molecular weight is 463 g/mol. The van der Waals surface area contributed by atoms with Gasteiger partial charge in [0.25, 0.3) is 0 Å². The highest BCUT2D eigenvalue weighted by atomic mass is 32.1. The number of aliphatic carboxylic acids is 3. The predicted octanol–water partition coefficient (Wildman–Crippen LogP) is -4.74. The first-order chi connectivity index (χ1) is 14.4. The van der Waals surface area contributed by atoms with Crippen LogP contribution in [0.4, 0.5) is 0 Å². The van der Waals surface area contributed by atoms with Crippen molar-refractivity contribution >= 4 is 56.2 Å². The molecule has 0 fully saturated rings. The van der Waals surface area contributed by atoms with Gasteiger partial charge in [0.1, 0.15) is 12.1 Å². The summed E-state index contributed by atoms with van der Waals surface area (Å²) in [5.41, 5.74) is 5.43. The van der Waals surface area contributed by atoms with Gasteiger partial charge in [0, 0.05) is 19.5 Å². The second kappa shape index (κ2) is 14.2. The standard InChI is InChI=1S/C15H26BN5O9S/c16-21-6(1-2-10(22)23)13(27)20-8(15(29)30)5-18-12(26)7(4-17)19-14(28)9(31)3-11(24)25/h6-9,21,31H,1-5,16-17H2,(H,18,26)(H,19,28)(H,20,27)(H,22,23)(H,24,25)(H,29,30)/t6-,7-,8-,9?/m0/s1. The van der Waals surface area contributed by atoms with Gasteiger partial charge in [0.05, 0.1) is 17.7 Å². The van der Waals surface area contributed by atoms with Crippen LogP contribution >= 0.6 is 12.6 Å². The van der Waals surface area contributed by atoms with Crippen LogP contribution in [-0.2, 0) is 28.8 Å². The predicted molar refractivity (Wildman–Crippen MR) is 111 cm³/mol. The largest absolute Gasteiger partial charge is 0.481 e. The number of carbonyl (C=O) groups excluding carboxylic acids is 3. The summed E-state index contributed by atoms with van der Waals surface area (Å²) < 4.78 is 0. The minimum atomic E-state index is -1.55. The molecule has 0 spiro atoms. The van der Waals surface area contributed by atoms with Crippen molar-refractivity contribution in [3.05, 3.63) is 0 Å². The Morgan fingerprint density at radius 3 is 1.90 bits per heavy atom. The van der Waals surface area contributed by atoms with E-state index in [1.807, 2.05) is 0 Å². The molecule has 0 aromatic carbocycles. The van der Waals surface area contributed by atoms with E-state index in [2.05, 4.69) is 33.8 Å². The van der Waals surface area contributed by atoms with Crippen molar-refractivity contribution in [2.24, 2.45) is 5.73 Å². The maximum Gasteiger partial charge on any atom is 0.328 e. The van der Waals surface area contributed by atoms with Gasteiger partial charge < -0.3 is 42.2 Å². The Balaban J connectivity index is 4.89. The fourth-order valence-corrected chi connectivity index (χ4v) is 2.46. The monoisotopic (exact) mass is 463 g/mol. The summed E-state index contributed by atoms with van der Waals surface area (Å²) in [6, 6.07) is -3.80. The Hall–Kier alpha value is -2.85. The summed E-state index contributed by atoms with van der Waals surface area (Å²) in [7, 11) is 1.40. The van der Waals surface area contributed by atoms with Crippen LogP contribution in [-0.4, -0.2) is 95.4 Å². The molecule has 0 saturated carbocycles. The highest BCUT2D eigenvalue weighted by Crippen LogP contribution is 2.02. The highest BCUT2D eigenvalue weighted by Gasteiger charge is 2.28. The number of nitrogens with two attached hydrogens (primary N) is 1. The number of hydrogen-bond donors (Lipinski definition) is 9. The molecule has 31 heavy (non-hydrogen) atoms. The van der Waals surface area contributed by atoms with E-state index in [4.69, 9.17) is 15.9 Å². The van der Waals surface area contributed by atoms with Crippen LogP contribution in [0.1, 0.15) is 19.3 Å². The lowest BCUT2D eigenvalue weighted by Gasteiger charge is -2.22. The summed E-state index contributed by atoms with van der Waals surface area (Å²) in [6.45, 7) is -0.923. The molecule has 1 unspecified atom stereocenters. The second-order valence-corrected chi connectivity index (χ2v) is 6.95. The number of thiol groups is 1. The van der Waals surface area contributed by atoms with Crippen molar-refractivity contribution in [2.45, 2.75) is 42.6 Å². The zero-order valence-corrected chi connectivity index (χ0v) is 17.6. The van der Waals surface area contributed by atoms with Crippen LogP contribution in [0, 0.1) is 0 Å². The van der Waals surface area contributed by atoms with Crippen LogP contribution < -0.4 is 26.9 Å². The average Bonchev–Trinajstić information content (AvgIpc) is 2.68. The molecule has 4 atom stereocenters. The summed E-state index contributed by atoms with van der Waals surface area (Å²) in [5, 5.41) is 34.6. The zero-order chi connectivity index (χ0) is 24.1. The molecule has 0 heterocycles. The van der Waals surface area contributed by atoms with Crippen molar-refractivity contribution < 1.29 is 44.1 Å². The lowest BCUT2D eigenvalue weighted by Crippen LogP contribution is -2.57. The quantitative estimate of drug-likeness (QED) is 0.0825. The van der Waals surface area contributed by atoms with Gasteiger partial charge in [-0.05, 0) is 6.42 Å². The van der Waals surface area contributed by atoms with Crippen molar-refractivity contribution in [1.82, 2.24) is 21.2 Å². The first-order valence-electron chi connectivity index (χ1n) is 9.03. The molecule has 0 rings (SSSR count). The van der Waals surface area contributed by atoms with Gasteiger partial charge in [-0.25, -0.2) is 4.79 Å². The topological polar surface area (TPSA) is 237 Å². The van der Waals surface area contributed by atoms with E-state index in [1.54, 1.807) is 0 Å². The van der Waals surface area contributed by atoms with Crippen LogP contribution in [0.5, 0.6) is 0 Å². The maximum atomic E-state index is 12.2. The van der Waals surface area contributed by atoms with Crippen molar-refractivity contribution in [3.63, 3.8) is 0 Å². The molecule has 9 N–H and O–H groups in total. The van der Waals surface area contributed by atoms with Gasteiger partial charge in [0.15, 0.2) is 7.98 Å². The van der Waals surface area contributed by atoms with Gasteiger partial charge in [-0.2, -0.15) is 12.6 Å². The van der Waals surface area contributed by atoms with Crippen LogP contribution in [0.25, 0.3) is 0 Å². The summed E-state index contributed by atoms with van der Waals surface area (Å²) in [4.78, 5) is 68.9. The van der Waals surface area contributed by atoms with Crippen molar-refractivity contribution in [2.75, 3.05) is 13.1 Å². The molecule has 0 aliphatic rings. The number of amides is 3. The van der Waals surface area contributed by atoms with Crippen LogP contribution in [0.2, 0.25) is 0 Å². The van der Waals surface area contributed by atoms with E-state index in [0.717, 1.165) is 0 Å². The van der Waals surface area contributed by atoms with Gasteiger partial charge in [-0.15, -0.1) is 0 Å². The van der Waals surface area contributed by atoms with E-state index >= 15 is 0 Å². The third-order valence-corrected chi connectivity index (χ3v) is 4.36. The molecule has 0 aromatic rings. The first kappa shape index (κ1) is 28.2. The van der Waals surface area contributed by atoms with Crippen molar-refractivity contribution in [3.8, 4) is 0 Å². The van der Waals surface area contributed by atoms with E-state index in [9.17, 15) is 33.9 Å². The molecule has 3 amide bonds. The fraction of sp³-hybridized carbons (Fsp3) is 0.600. The Kier molecular flexibility index (Phi) is 12.9. The van der Waals surface area contributed by atoms with Gasteiger partial charge in [-0.1, -0.05) is 0 Å². The molecule has 0 bridgehead atoms. The zero-order valence-electron chi connectivity index (χ0n) is 16.7. The van der Waals surface area contributed by atoms with E-state index < -0.39 is 72.0 Å². The number of nitrogens with one attached hydrogen (secondary N) is 4. The van der Waals surface area contributed by atoms with Crippen LogP contribution in [0.15, 0.2) is 0 Å². The number of hydrogen-bond acceptors (Lipinski definition) is 9. The van der Waals surface area contributed by atoms with Gasteiger partial charge in [-0.3, -0.25) is 24.0 Å². The highest BCUT2D eigenvalue weighted by molar-refractivity contribution is 7.81. The normalized spacial score (nSPS) is 14.4. The first-order valence-corrected chi connectivity index (χ1v) is 9.54. The molecule has 0 saturated heterocycles. The third kappa shape index (κ3) is 11.2. The molecular formula is C15H26BN5O9S. The SMILES string of the molecule is BN[C@@H](CCC(=O)O)C(=O)N[C@@H](CNC(=O)[C@H](CN)NC(=O)C(S)CC(=O)O)C(=O)O. The lowest BCUT2D eigenvalue weighted by molar-refractivity contribution is -0.142. The second-order valence-electron chi connectivity index (χ2n) is 6.33. The molecular weight excluding hydrogens is 437 g/mol.